The summed E-state index contributed by atoms with van der Waals surface area (Å²) in [5.41, 5.74) is 8.09. The van der Waals surface area contributed by atoms with Gasteiger partial charge in [0.2, 0.25) is 0 Å². The van der Waals surface area contributed by atoms with Gasteiger partial charge in [0.15, 0.2) is 0 Å². The molecule has 0 amide bonds. The van der Waals surface area contributed by atoms with Crippen molar-refractivity contribution in [2.75, 3.05) is 6.54 Å². The van der Waals surface area contributed by atoms with Gasteiger partial charge < -0.3 is 0 Å². The Bertz CT molecular complexity index is 218. The van der Waals surface area contributed by atoms with Crippen LogP contribution in [-0.2, 0) is 0 Å². The minimum atomic E-state index is 0.641. The molecule has 0 bridgehead atoms. The first-order valence-electron chi connectivity index (χ1n) is 7.07. The van der Waals surface area contributed by atoms with Gasteiger partial charge in [-0.15, -0.1) is 0 Å². The fraction of sp³-hybridized carbons (Fsp3) is 0.857. The molecule has 0 saturated carbocycles. The zero-order chi connectivity index (χ0) is 12.6. The molecule has 0 aliphatic carbocycles. The first-order chi connectivity index (χ1) is 8.41. The molecule has 0 atom stereocenters. The maximum absolute atomic E-state index is 8.09. The average Bonchev–Trinajstić information content (AvgIpc) is 2.35. The number of allylic oxidation sites excluding steroid dienone is 2. The molecule has 0 saturated heterocycles. The molecule has 0 N–H and O–H groups in total. The molecule has 98 valence electrons. The molecule has 3 nitrogen and oxygen atoms in total. The summed E-state index contributed by atoms with van der Waals surface area (Å²) < 4.78 is 0. The molecule has 0 heterocycles. The number of hydrogen-bond donors (Lipinski definition) is 0. The van der Waals surface area contributed by atoms with Gasteiger partial charge in [-0.25, -0.2) is 0 Å². The summed E-state index contributed by atoms with van der Waals surface area (Å²) in [4.78, 5) is 2.73. The first kappa shape index (κ1) is 16.1. The van der Waals surface area contributed by atoms with Crippen molar-refractivity contribution >= 4 is 0 Å². The van der Waals surface area contributed by atoms with Crippen molar-refractivity contribution in [2.45, 2.75) is 71.1 Å². The van der Waals surface area contributed by atoms with E-state index < -0.39 is 0 Å². The van der Waals surface area contributed by atoms with Crippen LogP contribution in [0.15, 0.2) is 17.3 Å². The van der Waals surface area contributed by atoms with Crippen LogP contribution in [0.5, 0.6) is 0 Å². The van der Waals surface area contributed by atoms with Crippen LogP contribution in [0.1, 0.15) is 71.1 Å². The predicted molar refractivity (Wildman–Crippen MR) is 75.0 cm³/mol. The summed E-state index contributed by atoms with van der Waals surface area (Å²) in [6.07, 6.45) is 17.3. The van der Waals surface area contributed by atoms with Crippen molar-refractivity contribution in [3.8, 4) is 0 Å². The third-order valence-corrected chi connectivity index (χ3v) is 2.83. The van der Waals surface area contributed by atoms with Crippen LogP contribution >= 0.6 is 0 Å². The van der Waals surface area contributed by atoms with Gasteiger partial charge in [-0.3, -0.25) is 0 Å². The summed E-state index contributed by atoms with van der Waals surface area (Å²) in [5.74, 6) is 0. The second-order valence-corrected chi connectivity index (χ2v) is 4.48. The van der Waals surface area contributed by atoms with Crippen molar-refractivity contribution in [3.05, 3.63) is 22.6 Å². The summed E-state index contributed by atoms with van der Waals surface area (Å²) in [6.45, 7) is 2.90. The smallest absolute Gasteiger partial charge is 0.0258 e. The van der Waals surface area contributed by atoms with Gasteiger partial charge in [-0.2, -0.15) is 0 Å². The highest BCUT2D eigenvalue weighted by atomic mass is 15.1. The molecule has 3 heteroatoms. The van der Waals surface area contributed by atoms with E-state index >= 15 is 0 Å². The molecule has 0 aliphatic heterocycles. The van der Waals surface area contributed by atoms with E-state index in [0.717, 1.165) is 19.3 Å². The Morgan fingerprint density at radius 3 is 2.12 bits per heavy atom. The summed E-state index contributed by atoms with van der Waals surface area (Å²) in [6, 6.07) is 0. The monoisotopic (exact) mass is 237 g/mol. The van der Waals surface area contributed by atoms with Gasteiger partial charge in [-0.1, -0.05) is 56.3 Å². The Balaban J connectivity index is 3.06. The Morgan fingerprint density at radius 2 is 1.47 bits per heavy atom. The van der Waals surface area contributed by atoms with E-state index in [1.165, 1.54) is 44.9 Å². The minimum Gasteiger partial charge on any atom is -0.0940 e. The predicted octanol–water partition coefficient (Wildman–Crippen LogP) is 5.77. The molecule has 0 aromatic rings. The number of nitrogens with zero attached hydrogens (tertiary/aromatic N) is 3. The number of hydrogen-bond acceptors (Lipinski definition) is 1. The highest BCUT2D eigenvalue weighted by molar-refractivity contribution is 4.81. The summed E-state index contributed by atoms with van der Waals surface area (Å²) in [7, 11) is 0. The Kier molecular flexibility index (Phi) is 14.2. The molecule has 0 spiro atoms. The molecule has 0 rings (SSSR count). The molecule has 0 aromatic carbocycles. The molecule has 0 aromatic heterocycles. The fourth-order valence-corrected chi connectivity index (χ4v) is 1.77. The second-order valence-electron chi connectivity index (χ2n) is 4.48. The molecule has 0 radical (unpaired) electrons. The maximum Gasteiger partial charge on any atom is 0.0258 e. The maximum atomic E-state index is 8.09. The standard InChI is InChI=1S/C14H27N3/c1-2-3-4-5-6-7-8-9-10-11-12-13-14-16-17-15/h9-10H,2-8,11-14H2,1H3/b10-9-. The molecule has 0 fully saturated rings. The van der Waals surface area contributed by atoms with Crippen molar-refractivity contribution in [1.82, 2.24) is 0 Å². The fourth-order valence-electron chi connectivity index (χ4n) is 1.77. The van der Waals surface area contributed by atoms with Crippen LogP contribution in [0.4, 0.5) is 0 Å². The van der Waals surface area contributed by atoms with Crippen LogP contribution < -0.4 is 0 Å². The summed E-state index contributed by atoms with van der Waals surface area (Å²) >= 11 is 0. The minimum absolute atomic E-state index is 0.641. The number of azide groups is 1. The van der Waals surface area contributed by atoms with E-state index in [9.17, 15) is 0 Å². The second kappa shape index (κ2) is 15.0. The van der Waals surface area contributed by atoms with E-state index in [-0.39, 0.29) is 0 Å². The normalized spacial score (nSPS) is 10.6. The highest BCUT2D eigenvalue weighted by Crippen LogP contribution is 2.07. The van der Waals surface area contributed by atoms with Crippen LogP contribution in [0.25, 0.3) is 10.4 Å². The molecular formula is C14H27N3. The Hall–Kier alpha value is -0.950. The Morgan fingerprint density at radius 1 is 0.882 bits per heavy atom. The van der Waals surface area contributed by atoms with E-state index in [1.54, 1.807) is 0 Å². The van der Waals surface area contributed by atoms with Crippen molar-refractivity contribution < 1.29 is 0 Å². The van der Waals surface area contributed by atoms with Crippen molar-refractivity contribution in [1.29, 1.82) is 0 Å². The van der Waals surface area contributed by atoms with Gasteiger partial charge in [-0.05, 0) is 37.6 Å². The lowest BCUT2D eigenvalue weighted by Crippen LogP contribution is -1.79. The Labute approximate surface area is 106 Å². The highest BCUT2D eigenvalue weighted by Gasteiger charge is 1.88. The topological polar surface area (TPSA) is 48.8 Å². The van der Waals surface area contributed by atoms with Crippen LogP contribution in [0, 0.1) is 0 Å². The lowest BCUT2D eigenvalue weighted by molar-refractivity contribution is 0.611. The average molecular weight is 237 g/mol. The quantitative estimate of drug-likeness (QED) is 0.136. The zero-order valence-electron chi connectivity index (χ0n) is 11.3. The summed E-state index contributed by atoms with van der Waals surface area (Å²) in [5, 5.41) is 3.51. The van der Waals surface area contributed by atoms with E-state index in [1.807, 2.05) is 0 Å². The molecule has 17 heavy (non-hydrogen) atoms. The first-order valence-corrected chi connectivity index (χ1v) is 7.07. The van der Waals surface area contributed by atoms with Gasteiger partial charge >= 0.3 is 0 Å². The largest absolute Gasteiger partial charge is 0.0940 e. The van der Waals surface area contributed by atoms with Gasteiger partial charge in [0.25, 0.3) is 0 Å². The number of unbranched alkanes of at least 4 members (excludes halogenated alkanes) is 8. The SMILES string of the molecule is CCCCCCCC/C=C\CCCCN=[N+]=[N-]. The lowest BCUT2D eigenvalue weighted by atomic mass is 10.1. The molecule has 0 unspecified atom stereocenters. The van der Waals surface area contributed by atoms with Gasteiger partial charge in [0.05, 0.1) is 0 Å². The third-order valence-electron chi connectivity index (χ3n) is 2.83. The molecular weight excluding hydrogens is 210 g/mol. The molecule has 0 aliphatic rings. The number of rotatable bonds is 12. The van der Waals surface area contributed by atoms with Crippen LogP contribution in [0.3, 0.4) is 0 Å². The van der Waals surface area contributed by atoms with E-state index in [0.29, 0.717) is 6.54 Å². The lowest BCUT2D eigenvalue weighted by Gasteiger charge is -1.97. The van der Waals surface area contributed by atoms with Crippen LogP contribution in [-0.4, -0.2) is 6.54 Å². The van der Waals surface area contributed by atoms with Gasteiger partial charge in [0, 0.05) is 11.5 Å². The van der Waals surface area contributed by atoms with Gasteiger partial charge in [0.1, 0.15) is 0 Å². The zero-order valence-corrected chi connectivity index (χ0v) is 11.3. The van der Waals surface area contributed by atoms with E-state index in [2.05, 4.69) is 29.1 Å². The van der Waals surface area contributed by atoms with Crippen LogP contribution in [0.2, 0.25) is 0 Å². The third kappa shape index (κ3) is 15.1. The van der Waals surface area contributed by atoms with Crippen molar-refractivity contribution in [2.24, 2.45) is 5.11 Å². The van der Waals surface area contributed by atoms with Crippen molar-refractivity contribution in [3.63, 3.8) is 0 Å². The van der Waals surface area contributed by atoms with E-state index in [4.69, 9.17) is 5.53 Å².